The summed E-state index contributed by atoms with van der Waals surface area (Å²) in [6, 6.07) is 14.5. The van der Waals surface area contributed by atoms with Gasteiger partial charge in [-0.15, -0.1) is 0 Å². The third-order valence-electron chi connectivity index (χ3n) is 6.21. The first-order chi connectivity index (χ1) is 14.8. The van der Waals surface area contributed by atoms with Crippen molar-refractivity contribution >= 4 is 17.0 Å². The van der Waals surface area contributed by atoms with E-state index in [9.17, 15) is 4.79 Å². The van der Waals surface area contributed by atoms with Crippen LogP contribution >= 0.6 is 0 Å². The number of oxazole rings is 1. The number of amides is 1. The number of nitrogens with one attached hydrogen (secondary N) is 1. The lowest BCUT2D eigenvalue weighted by atomic mass is 9.87. The van der Waals surface area contributed by atoms with Crippen molar-refractivity contribution in [2.24, 2.45) is 5.73 Å². The van der Waals surface area contributed by atoms with Gasteiger partial charge < -0.3 is 15.5 Å². The van der Waals surface area contributed by atoms with Gasteiger partial charge in [-0.1, -0.05) is 63.9 Å². The largest absolute Gasteiger partial charge is 0.440 e. The van der Waals surface area contributed by atoms with E-state index in [1.165, 1.54) is 5.56 Å². The molecule has 0 spiro atoms. The lowest BCUT2D eigenvalue weighted by Gasteiger charge is -2.29. The molecule has 1 fully saturated rings. The first kappa shape index (κ1) is 21.6. The Balaban J connectivity index is 1.37. The minimum atomic E-state index is 0.0451. The van der Waals surface area contributed by atoms with Gasteiger partial charge in [-0.3, -0.25) is 4.79 Å². The van der Waals surface area contributed by atoms with Crippen LogP contribution in [-0.2, 0) is 23.1 Å². The normalized spacial score (nSPS) is 19.5. The van der Waals surface area contributed by atoms with Gasteiger partial charge >= 0.3 is 0 Å². The molecule has 3 N–H and O–H groups in total. The van der Waals surface area contributed by atoms with E-state index in [0.29, 0.717) is 18.7 Å². The quantitative estimate of drug-likeness (QED) is 0.631. The van der Waals surface area contributed by atoms with Crippen LogP contribution in [0.4, 0.5) is 0 Å². The Kier molecular flexibility index (Phi) is 6.15. The first-order valence-electron chi connectivity index (χ1n) is 11.3. The molecule has 0 aliphatic heterocycles. The number of aromatic nitrogens is 1. The molecule has 5 nitrogen and oxygen atoms in total. The third-order valence-corrected chi connectivity index (χ3v) is 6.21. The minimum absolute atomic E-state index is 0.0451. The van der Waals surface area contributed by atoms with Gasteiger partial charge in [0.05, 0.1) is 6.42 Å². The summed E-state index contributed by atoms with van der Waals surface area (Å²) < 4.78 is 5.94. The lowest BCUT2D eigenvalue weighted by Crippen LogP contribution is -2.49. The van der Waals surface area contributed by atoms with Gasteiger partial charge in [-0.25, -0.2) is 4.98 Å². The molecule has 1 amide bonds. The lowest BCUT2D eigenvalue weighted by molar-refractivity contribution is -0.121. The Morgan fingerprint density at radius 2 is 1.81 bits per heavy atom. The van der Waals surface area contributed by atoms with Crippen molar-refractivity contribution in [1.29, 1.82) is 0 Å². The van der Waals surface area contributed by atoms with Gasteiger partial charge in [0.25, 0.3) is 0 Å². The zero-order chi connectivity index (χ0) is 22.0. The fraction of sp³-hybridized carbons (Fsp3) is 0.462. The minimum Gasteiger partial charge on any atom is -0.440 e. The van der Waals surface area contributed by atoms with Crippen LogP contribution in [0.15, 0.2) is 46.9 Å². The Hall–Kier alpha value is -2.66. The zero-order valence-electron chi connectivity index (χ0n) is 18.8. The molecule has 164 valence electrons. The molecule has 2 unspecified atom stereocenters. The van der Waals surface area contributed by atoms with Crippen LogP contribution in [0, 0.1) is 0 Å². The van der Waals surface area contributed by atoms with Crippen molar-refractivity contribution in [3.63, 3.8) is 0 Å². The molecule has 0 bridgehead atoms. The van der Waals surface area contributed by atoms with Crippen molar-refractivity contribution in [3.8, 4) is 0 Å². The Labute approximate surface area is 184 Å². The molecule has 1 aliphatic carbocycles. The second kappa shape index (κ2) is 8.83. The topological polar surface area (TPSA) is 81.2 Å². The average molecular weight is 420 g/mol. The highest BCUT2D eigenvalue weighted by Crippen LogP contribution is 2.27. The number of nitrogens with two attached hydrogens (primary N) is 1. The summed E-state index contributed by atoms with van der Waals surface area (Å²) in [6.07, 6.45) is 5.28. The smallest absolute Gasteiger partial charge is 0.224 e. The predicted molar refractivity (Wildman–Crippen MR) is 124 cm³/mol. The molecule has 4 rings (SSSR count). The standard InChI is InChI=1S/C26H33N3O2/c1-26(2,3)19-12-13-23-22(16-19)29-25(31-23)15-18-10-8-17(9-11-18)14-24(30)28-21-7-5-4-6-20(21)27/h8-13,16,20-21H,4-7,14-15,27H2,1-3H3,(H,28,30). The molecule has 1 heterocycles. The summed E-state index contributed by atoms with van der Waals surface area (Å²) in [7, 11) is 0. The van der Waals surface area contributed by atoms with E-state index in [4.69, 9.17) is 10.2 Å². The molecule has 5 heteroatoms. The van der Waals surface area contributed by atoms with Crippen molar-refractivity contribution in [2.75, 3.05) is 0 Å². The molecule has 31 heavy (non-hydrogen) atoms. The Morgan fingerprint density at radius 3 is 2.52 bits per heavy atom. The summed E-state index contributed by atoms with van der Waals surface area (Å²) in [6.45, 7) is 6.58. The molecule has 0 saturated heterocycles. The van der Waals surface area contributed by atoms with E-state index in [1.807, 2.05) is 30.3 Å². The van der Waals surface area contributed by atoms with Crippen LogP contribution in [0.3, 0.4) is 0 Å². The SMILES string of the molecule is CC(C)(C)c1ccc2oc(Cc3ccc(CC(=O)NC4CCCCC4N)cc3)nc2c1. The number of nitrogens with zero attached hydrogens (tertiary/aromatic N) is 1. The van der Waals surface area contributed by atoms with Gasteiger partial charge in [-0.05, 0) is 47.1 Å². The molecular formula is C26H33N3O2. The highest BCUT2D eigenvalue weighted by atomic mass is 16.3. The molecule has 1 aromatic heterocycles. The van der Waals surface area contributed by atoms with E-state index in [0.717, 1.165) is 47.9 Å². The average Bonchev–Trinajstić information content (AvgIpc) is 3.12. The fourth-order valence-corrected chi connectivity index (χ4v) is 4.25. The van der Waals surface area contributed by atoms with E-state index < -0.39 is 0 Å². The number of benzene rings is 2. The fourth-order valence-electron chi connectivity index (χ4n) is 4.25. The Morgan fingerprint density at radius 1 is 1.10 bits per heavy atom. The number of hydrogen-bond donors (Lipinski definition) is 2. The highest BCUT2D eigenvalue weighted by Gasteiger charge is 2.23. The van der Waals surface area contributed by atoms with Gasteiger partial charge in [0.2, 0.25) is 5.91 Å². The van der Waals surface area contributed by atoms with Crippen LogP contribution in [0.2, 0.25) is 0 Å². The summed E-state index contributed by atoms with van der Waals surface area (Å²) in [4.78, 5) is 17.1. The molecule has 3 aromatic rings. The van der Waals surface area contributed by atoms with Gasteiger partial charge in [0.1, 0.15) is 5.52 Å². The van der Waals surface area contributed by atoms with Crippen LogP contribution in [0.25, 0.3) is 11.1 Å². The summed E-state index contributed by atoms with van der Waals surface area (Å²) in [5, 5.41) is 3.11. The van der Waals surface area contributed by atoms with E-state index >= 15 is 0 Å². The summed E-state index contributed by atoms with van der Waals surface area (Å²) in [5.41, 5.74) is 11.3. The Bertz CT molecular complexity index is 1050. The van der Waals surface area contributed by atoms with E-state index in [-0.39, 0.29) is 23.4 Å². The van der Waals surface area contributed by atoms with Crippen LogP contribution < -0.4 is 11.1 Å². The molecule has 2 atom stereocenters. The molecule has 1 aliphatic rings. The van der Waals surface area contributed by atoms with Crippen LogP contribution in [-0.4, -0.2) is 23.0 Å². The number of carbonyl (C=O) groups excluding carboxylic acids is 1. The molecular weight excluding hydrogens is 386 g/mol. The summed E-state index contributed by atoms with van der Waals surface area (Å²) in [5.74, 6) is 0.751. The summed E-state index contributed by atoms with van der Waals surface area (Å²) >= 11 is 0. The van der Waals surface area contributed by atoms with Crippen LogP contribution in [0.1, 0.15) is 69.0 Å². The maximum Gasteiger partial charge on any atom is 0.224 e. The number of rotatable bonds is 5. The highest BCUT2D eigenvalue weighted by molar-refractivity contribution is 5.79. The second-order valence-electron chi connectivity index (χ2n) is 9.83. The zero-order valence-corrected chi connectivity index (χ0v) is 18.8. The molecule has 0 radical (unpaired) electrons. The second-order valence-corrected chi connectivity index (χ2v) is 9.83. The van der Waals surface area contributed by atoms with Gasteiger partial charge in [-0.2, -0.15) is 0 Å². The molecule has 1 saturated carbocycles. The van der Waals surface area contributed by atoms with Crippen molar-refractivity contribution in [1.82, 2.24) is 10.3 Å². The third kappa shape index (κ3) is 5.34. The van der Waals surface area contributed by atoms with Crippen molar-refractivity contribution < 1.29 is 9.21 Å². The maximum absolute atomic E-state index is 12.4. The van der Waals surface area contributed by atoms with E-state index in [1.54, 1.807) is 0 Å². The maximum atomic E-state index is 12.4. The van der Waals surface area contributed by atoms with Crippen molar-refractivity contribution in [3.05, 3.63) is 65.0 Å². The van der Waals surface area contributed by atoms with Crippen LogP contribution in [0.5, 0.6) is 0 Å². The first-order valence-corrected chi connectivity index (χ1v) is 11.3. The van der Waals surface area contributed by atoms with E-state index in [2.05, 4.69) is 43.2 Å². The number of hydrogen-bond acceptors (Lipinski definition) is 4. The molecule has 2 aromatic carbocycles. The monoisotopic (exact) mass is 419 g/mol. The van der Waals surface area contributed by atoms with Gasteiger partial charge in [0, 0.05) is 18.5 Å². The van der Waals surface area contributed by atoms with Crippen molar-refractivity contribution in [2.45, 2.75) is 76.8 Å². The predicted octanol–water partition coefficient (Wildman–Crippen LogP) is 4.64. The number of fused-ring (bicyclic) bond motifs is 1. The number of carbonyl (C=O) groups is 1. The van der Waals surface area contributed by atoms with Gasteiger partial charge in [0.15, 0.2) is 11.5 Å².